The Morgan fingerprint density at radius 1 is 1.09 bits per heavy atom. The lowest BCUT2D eigenvalue weighted by atomic mass is 9.74. The Balaban J connectivity index is 0.00000237. The second-order valence-corrected chi connectivity index (χ2v) is 17.0. The van der Waals surface area contributed by atoms with Gasteiger partial charge in [-0.1, -0.05) is 20.3 Å². The van der Waals surface area contributed by atoms with Crippen molar-refractivity contribution in [2.45, 2.75) is 135 Å². The van der Waals surface area contributed by atoms with Gasteiger partial charge in [-0.2, -0.15) is 9.97 Å². The Hall–Kier alpha value is -3.65. The SMILES string of the molecule is CC.COc1nc(-c2c(C=N)c(N)cc(C)c2C2CC2)c(F)c2nc(OCC34CCCC3N(C3CC(C)OC(C)C3)CCC4)nc(N3CCOCC(C)(O)C3)c12. The number of hydrogen-bond acceptors (Lipinski definition) is 12. The molecule has 2 saturated carbocycles. The molecule has 0 amide bonds. The lowest BCUT2D eigenvalue weighted by Crippen LogP contribution is -2.57. The van der Waals surface area contributed by atoms with Crippen LogP contribution in [0.2, 0.25) is 0 Å². The largest absolute Gasteiger partial charge is 0.480 e. The quantitative estimate of drug-likeness (QED) is 0.150. The van der Waals surface area contributed by atoms with Crippen molar-refractivity contribution in [1.29, 1.82) is 5.41 Å². The van der Waals surface area contributed by atoms with Crippen LogP contribution in [0.15, 0.2) is 6.07 Å². The summed E-state index contributed by atoms with van der Waals surface area (Å²) in [6.07, 6.45) is 11.1. The van der Waals surface area contributed by atoms with Gasteiger partial charge in [-0.25, -0.2) is 9.37 Å². The molecule has 2 aromatic heterocycles. The fourth-order valence-electron chi connectivity index (χ4n) is 10.3. The molecule has 8 rings (SSSR count). The molecule has 0 spiro atoms. The summed E-state index contributed by atoms with van der Waals surface area (Å²) in [7, 11) is 1.50. The Morgan fingerprint density at radius 3 is 2.52 bits per heavy atom. The number of pyridine rings is 1. The highest BCUT2D eigenvalue weighted by molar-refractivity contribution is 6.01. The van der Waals surface area contributed by atoms with Crippen molar-refractivity contribution in [3.8, 4) is 23.1 Å². The van der Waals surface area contributed by atoms with Gasteiger partial charge in [0.1, 0.15) is 28.0 Å². The first-order valence-electron chi connectivity index (χ1n) is 20.9. The number of nitrogens with zero attached hydrogens (tertiary/aromatic N) is 5. The Kier molecular flexibility index (Phi) is 11.8. The van der Waals surface area contributed by atoms with Crippen molar-refractivity contribution < 1.29 is 28.4 Å². The number of β-amino-alcohol motifs (C(OH)–C–C–N with tert-alkyl or cyclic N) is 1. The number of aryl methyl sites for hydroxylation is 1. The van der Waals surface area contributed by atoms with Gasteiger partial charge in [-0.3, -0.25) is 4.90 Å². The smallest absolute Gasteiger partial charge is 0.319 e. The fourth-order valence-corrected chi connectivity index (χ4v) is 10.3. The van der Waals surface area contributed by atoms with E-state index in [-0.39, 0.29) is 65.2 Å². The van der Waals surface area contributed by atoms with Crippen molar-refractivity contribution in [3.05, 3.63) is 28.6 Å². The third-order valence-corrected chi connectivity index (χ3v) is 12.6. The van der Waals surface area contributed by atoms with Gasteiger partial charge in [0.25, 0.3) is 0 Å². The maximum atomic E-state index is 17.5. The molecule has 0 radical (unpaired) electrons. The number of aromatic nitrogens is 3. The molecule has 5 fully saturated rings. The van der Waals surface area contributed by atoms with Crippen molar-refractivity contribution in [1.82, 2.24) is 19.9 Å². The molecule has 306 valence electrons. The van der Waals surface area contributed by atoms with E-state index < -0.39 is 11.4 Å². The van der Waals surface area contributed by atoms with E-state index >= 15 is 4.39 Å². The number of nitrogen functional groups attached to an aromatic ring is 1. The molecule has 2 aliphatic carbocycles. The molecule has 0 bridgehead atoms. The molecule has 56 heavy (non-hydrogen) atoms. The molecule has 3 saturated heterocycles. The molecule has 5 heterocycles. The van der Waals surface area contributed by atoms with Crippen LogP contribution >= 0.6 is 0 Å². The monoisotopic (exact) mass is 775 g/mol. The van der Waals surface area contributed by atoms with Gasteiger partial charge >= 0.3 is 6.01 Å². The van der Waals surface area contributed by atoms with Crippen LogP contribution in [0.1, 0.15) is 115 Å². The average Bonchev–Trinajstić information content (AvgIpc) is 3.95. The molecule has 1 aromatic carbocycles. The maximum absolute atomic E-state index is 17.5. The number of piperidine rings is 1. The number of ether oxygens (including phenoxy) is 4. The van der Waals surface area contributed by atoms with E-state index in [0.717, 1.165) is 75.5 Å². The Morgan fingerprint density at radius 2 is 1.82 bits per heavy atom. The van der Waals surface area contributed by atoms with Crippen molar-refractivity contribution in [2.24, 2.45) is 5.41 Å². The van der Waals surface area contributed by atoms with Gasteiger partial charge in [0.2, 0.25) is 5.88 Å². The highest BCUT2D eigenvalue weighted by Crippen LogP contribution is 2.51. The maximum Gasteiger partial charge on any atom is 0.319 e. The van der Waals surface area contributed by atoms with E-state index in [9.17, 15) is 5.11 Å². The topological polar surface area (TPSA) is 152 Å². The Bertz CT molecular complexity index is 1910. The minimum atomic E-state index is -1.19. The van der Waals surface area contributed by atoms with Crippen LogP contribution in [-0.2, 0) is 9.47 Å². The first-order valence-corrected chi connectivity index (χ1v) is 20.9. The fraction of sp³-hybridized carbons (Fsp3) is 0.674. The van der Waals surface area contributed by atoms with Crippen LogP contribution in [0.25, 0.3) is 22.2 Å². The molecule has 5 aliphatic rings. The van der Waals surface area contributed by atoms with Crippen molar-refractivity contribution in [2.75, 3.05) is 57.2 Å². The van der Waals surface area contributed by atoms with Crippen molar-refractivity contribution in [3.63, 3.8) is 0 Å². The minimum absolute atomic E-state index is 0.00957. The Labute approximate surface area is 331 Å². The number of methoxy groups -OCH3 is 1. The number of rotatable bonds is 9. The number of halogens is 1. The standard InChI is InChI=1S/C41H56FN7O5.C2H6/c1-23-16-29(44)28(19-43)32(31(23)26-9-10-26)35-34(42)36-33(38(45-35)51-5)37(48-14-15-52-21-40(4,50)20-48)47-39(46-36)53-22-41-11-6-8-30(41)49(13-7-12-41)27-17-24(2)54-25(3)18-27;1-2/h16,19,24-27,30,43,50H,6-15,17-18,20-22,44H2,1-5H3;1-2H3. The van der Waals surface area contributed by atoms with E-state index in [4.69, 9.17) is 45.0 Å². The zero-order valence-corrected chi connectivity index (χ0v) is 34.4. The summed E-state index contributed by atoms with van der Waals surface area (Å²) in [5, 5.41) is 19.8. The van der Waals surface area contributed by atoms with E-state index in [1.165, 1.54) is 13.3 Å². The second-order valence-electron chi connectivity index (χ2n) is 17.0. The van der Waals surface area contributed by atoms with Gasteiger partial charge in [-0.15, -0.1) is 0 Å². The lowest BCUT2D eigenvalue weighted by molar-refractivity contribution is -0.0967. The van der Waals surface area contributed by atoms with E-state index in [0.29, 0.717) is 54.5 Å². The van der Waals surface area contributed by atoms with Gasteiger partial charge in [-0.05, 0) is 109 Å². The molecule has 5 atom stereocenters. The molecule has 12 nitrogen and oxygen atoms in total. The van der Waals surface area contributed by atoms with Gasteiger partial charge in [0.15, 0.2) is 5.82 Å². The number of nitrogens with one attached hydrogen (secondary N) is 1. The molecule has 4 N–H and O–H groups in total. The van der Waals surface area contributed by atoms with Gasteiger partial charge < -0.3 is 40.1 Å². The number of hydrogen-bond donors (Lipinski definition) is 3. The van der Waals surface area contributed by atoms with E-state index in [1.54, 1.807) is 6.92 Å². The summed E-state index contributed by atoms with van der Waals surface area (Å²) in [4.78, 5) is 19.3. The number of nitrogens with two attached hydrogens (primary N) is 1. The summed E-state index contributed by atoms with van der Waals surface area (Å²) in [5.74, 6) is 0.0750. The summed E-state index contributed by atoms with van der Waals surface area (Å²) in [6, 6.07) is 2.79. The van der Waals surface area contributed by atoms with Gasteiger partial charge in [0.05, 0.1) is 45.7 Å². The predicted octanol–water partition coefficient (Wildman–Crippen LogP) is 7.19. The minimum Gasteiger partial charge on any atom is -0.480 e. The number of aliphatic hydroxyl groups is 1. The van der Waals surface area contributed by atoms with Crippen LogP contribution in [0, 0.1) is 23.6 Å². The molecule has 3 aromatic rings. The highest BCUT2D eigenvalue weighted by atomic mass is 19.1. The molecule has 5 unspecified atom stereocenters. The third-order valence-electron chi connectivity index (χ3n) is 12.6. The molecular weight excluding hydrogens is 714 g/mol. The van der Waals surface area contributed by atoms with Crippen LogP contribution < -0.4 is 20.1 Å². The normalized spacial score (nSPS) is 29.6. The average molecular weight is 776 g/mol. The lowest BCUT2D eigenvalue weighted by Gasteiger charge is -2.51. The summed E-state index contributed by atoms with van der Waals surface area (Å²) < 4.78 is 42.0. The zero-order chi connectivity index (χ0) is 39.9. The number of fused-ring (bicyclic) bond motifs is 2. The van der Waals surface area contributed by atoms with Crippen LogP contribution in [0.4, 0.5) is 15.9 Å². The van der Waals surface area contributed by atoms with Gasteiger partial charge in [0, 0.05) is 47.1 Å². The molecule has 3 aliphatic heterocycles. The first-order chi connectivity index (χ1) is 26.9. The summed E-state index contributed by atoms with van der Waals surface area (Å²) in [5.41, 5.74) is 8.45. The predicted molar refractivity (Wildman–Crippen MR) is 218 cm³/mol. The summed E-state index contributed by atoms with van der Waals surface area (Å²) >= 11 is 0. The van der Waals surface area contributed by atoms with Crippen LogP contribution in [0.3, 0.4) is 0 Å². The second kappa shape index (κ2) is 16.3. The number of anilines is 2. The molecule has 13 heteroatoms. The highest BCUT2D eigenvalue weighted by Gasteiger charge is 2.51. The van der Waals surface area contributed by atoms with E-state index in [2.05, 4.69) is 18.7 Å². The number of benzene rings is 1. The van der Waals surface area contributed by atoms with Crippen LogP contribution in [-0.4, -0.2) is 108 Å². The van der Waals surface area contributed by atoms with Crippen molar-refractivity contribution >= 4 is 28.6 Å². The number of likely N-dealkylation sites (tertiary alicyclic amines) is 1. The summed E-state index contributed by atoms with van der Waals surface area (Å²) in [6.45, 7) is 14.6. The zero-order valence-electron chi connectivity index (χ0n) is 34.4. The van der Waals surface area contributed by atoms with E-state index in [1.807, 2.05) is 31.7 Å². The molecular formula is C43H62FN7O5. The third kappa shape index (κ3) is 7.68. The first kappa shape index (κ1) is 40.5. The van der Waals surface area contributed by atoms with Crippen LogP contribution in [0.5, 0.6) is 11.9 Å².